The summed E-state index contributed by atoms with van der Waals surface area (Å²) in [6.45, 7) is 9.84. The summed E-state index contributed by atoms with van der Waals surface area (Å²) in [6.07, 6.45) is 1.36. The van der Waals surface area contributed by atoms with Gasteiger partial charge < -0.3 is 15.0 Å². The average molecular weight is 443 g/mol. The third kappa shape index (κ3) is 4.05. The highest BCUT2D eigenvalue weighted by Gasteiger charge is 2.40. The van der Waals surface area contributed by atoms with Crippen LogP contribution in [-0.2, 0) is 4.74 Å². The van der Waals surface area contributed by atoms with Gasteiger partial charge in [0.25, 0.3) is 0 Å². The molecule has 2 aromatic carbocycles. The Morgan fingerprint density at radius 1 is 1.06 bits per heavy atom. The number of rotatable bonds is 5. The smallest absolute Gasteiger partial charge is 0.246 e. The van der Waals surface area contributed by atoms with Gasteiger partial charge in [-0.25, -0.2) is 13.5 Å². The van der Waals surface area contributed by atoms with Crippen LogP contribution in [0.3, 0.4) is 0 Å². The predicted octanol–water partition coefficient (Wildman–Crippen LogP) is 3.75. The van der Waals surface area contributed by atoms with E-state index < -0.39 is 11.6 Å². The number of ether oxygens (including phenoxy) is 1. The molecule has 170 valence electrons. The molecule has 5 rings (SSSR count). The van der Waals surface area contributed by atoms with Crippen LogP contribution in [0.15, 0.2) is 42.7 Å². The molecule has 2 aliphatic heterocycles. The minimum atomic E-state index is -0.567. The maximum Gasteiger partial charge on any atom is 0.246 e. The van der Waals surface area contributed by atoms with Crippen molar-refractivity contribution in [1.29, 1.82) is 0 Å². The predicted molar refractivity (Wildman–Crippen MR) is 121 cm³/mol. The SMILES string of the molecule is Cc1cc(Nc2ncn(-c3cc(F)ccc3F)n2)cc(N2CCN(C3(C)COC3)CC2)c1.[HH]. The molecule has 0 radical (unpaired) electrons. The van der Waals surface area contributed by atoms with Crippen LogP contribution in [0.5, 0.6) is 0 Å². The fourth-order valence-corrected chi connectivity index (χ4v) is 4.33. The first-order valence-electron chi connectivity index (χ1n) is 10.7. The van der Waals surface area contributed by atoms with Crippen LogP contribution < -0.4 is 10.2 Å². The van der Waals surface area contributed by atoms with E-state index in [0.29, 0.717) is 5.95 Å². The molecule has 7 nitrogen and oxygen atoms in total. The first-order valence-corrected chi connectivity index (χ1v) is 10.7. The summed E-state index contributed by atoms with van der Waals surface area (Å²) in [5.74, 6) is -0.788. The second-order valence-electron chi connectivity index (χ2n) is 8.75. The number of hydrogen-bond donors (Lipinski definition) is 1. The number of halogens is 2. The van der Waals surface area contributed by atoms with Gasteiger partial charge in [0.05, 0.1) is 18.8 Å². The third-order valence-electron chi connectivity index (χ3n) is 6.20. The lowest BCUT2D eigenvalue weighted by molar-refractivity contribution is -0.131. The van der Waals surface area contributed by atoms with Crippen molar-refractivity contribution in [2.24, 2.45) is 0 Å². The fraction of sp³-hybridized carbons (Fsp3) is 0.391. The summed E-state index contributed by atoms with van der Waals surface area (Å²) < 4.78 is 34.2. The standard InChI is InChI=1S/C23H26F2N6O.H2/c1-16-9-18(27-22-26-15-31(28-22)21-11-17(24)3-4-20(21)25)12-19(10-16)29-5-7-30(8-6-29)23(2)13-32-14-23;/h3-4,9-12,15H,5-8,13-14H2,1-2H3,(H,27,28);1H. The van der Waals surface area contributed by atoms with Gasteiger partial charge in [0, 0.05) is 45.0 Å². The van der Waals surface area contributed by atoms with Crippen molar-refractivity contribution in [3.63, 3.8) is 0 Å². The van der Waals surface area contributed by atoms with Crippen molar-refractivity contribution >= 4 is 17.3 Å². The monoisotopic (exact) mass is 442 g/mol. The minimum Gasteiger partial charge on any atom is -0.377 e. The molecule has 0 bridgehead atoms. The number of aromatic nitrogens is 3. The normalized spacial score (nSPS) is 18.4. The second-order valence-corrected chi connectivity index (χ2v) is 8.75. The molecule has 0 spiro atoms. The molecule has 32 heavy (non-hydrogen) atoms. The molecule has 1 N–H and O–H groups in total. The lowest BCUT2D eigenvalue weighted by atomic mass is 9.97. The quantitative estimate of drug-likeness (QED) is 0.650. The number of aryl methyl sites for hydroxylation is 1. The Balaban J connectivity index is 0.00000259. The molecule has 0 atom stereocenters. The van der Waals surface area contributed by atoms with E-state index in [0.717, 1.165) is 74.5 Å². The van der Waals surface area contributed by atoms with Crippen LogP contribution in [0.1, 0.15) is 13.9 Å². The minimum absolute atomic E-state index is 0. The molecule has 3 heterocycles. The zero-order valence-corrected chi connectivity index (χ0v) is 18.2. The summed E-state index contributed by atoms with van der Waals surface area (Å²) >= 11 is 0. The van der Waals surface area contributed by atoms with E-state index in [9.17, 15) is 8.78 Å². The van der Waals surface area contributed by atoms with E-state index in [1.807, 2.05) is 13.0 Å². The van der Waals surface area contributed by atoms with Gasteiger partial charge in [-0.3, -0.25) is 4.90 Å². The van der Waals surface area contributed by atoms with E-state index in [-0.39, 0.29) is 12.7 Å². The van der Waals surface area contributed by atoms with Crippen molar-refractivity contribution in [2.45, 2.75) is 19.4 Å². The number of benzene rings is 2. The Morgan fingerprint density at radius 3 is 2.56 bits per heavy atom. The van der Waals surface area contributed by atoms with E-state index in [2.05, 4.69) is 44.3 Å². The number of piperazine rings is 1. The molecule has 2 saturated heterocycles. The van der Waals surface area contributed by atoms with Gasteiger partial charge in [0.2, 0.25) is 5.95 Å². The van der Waals surface area contributed by atoms with E-state index in [1.165, 1.54) is 11.0 Å². The molecule has 1 aromatic heterocycles. The van der Waals surface area contributed by atoms with Crippen LogP contribution in [-0.4, -0.2) is 64.6 Å². The second kappa shape index (κ2) is 8.14. The molecule has 2 aliphatic rings. The molecule has 0 aliphatic carbocycles. The topological polar surface area (TPSA) is 58.5 Å². The van der Waals surface area contributed by atoms with Crippen LogP contribution >= 0.6 is 0 Å². The van der Waals surface area contributed by atoms with Gasteiger partial charge in [-0.2, -0.15) is 4.98 Å². The highest BCUT2D eigenvalue weighted by atomic mass is 19.1. The summed E-state index contributed by atoms with van der Waals surface area (Å²) in [7, 11) is 0. The van der Waals surface area contributed by atoms with Crippen LogP contribution in [0, 0.1) is 18.6 Å². The zero-order chi connectivity index (χ0) is 22.3. The maximum atomic E-state index is 14.0. The van der Waals surface area contributed by atoms with Crippen molar-refractivity contribution in [3.8, 4) is 5.69 Å². The van der Waals surface area contributed by atoms with Crippen molar-refractivity contribution < 1.29 is 14.9 Å². The number of anilines is 3. The summed E-state index contributed by atoms with van der Waals surface area (Å²) in [6, 6.07) is 9.49. The van der Waals surface area contributed by atoms with Crippen LogP contribution in [0.4, 0.5) is 26.1 Å². The van der Waals surface area contributed by atoms with Gasteiger partial charge in [0.1, 0.15) is 23.6 Å². The molecule has 3 aromatic rings. The Kier molecular flexibility index (Phi) is 5.30. The van der Waals surface area contributed by atoms with Gasteiger partial charge >= 0.3 is 0 Å². The molecule has 2 fully saturated rings. The molecular weight excluding hydrogens is 414 g/mol. The Morgan fingerprint density at radius 2 is 1.84 bits per heavy atom. The first-order chi connectivity index (χ1) is 15.4. The lowest BCUT2D eigenvalue weighted by Gasteiger charge is -2.50. The largest absolute Gasteiger partial charge is 0.377 e. The molecule has 0 saturated carbocycles. The van der Waals surface area contributed by atoms with Gasteiger partial charge in [-0.1, -0.05) is 0 Å². The Bertz CT molecular complexity index is 1130. The first kappa shape index (κ1) is 20.8. The van der Waals surface area contributed by atoms with Gasteiger partial charge in [-0.05, 0) is 49.7 Å². The van der Waals surface area contributed by atoms with Crippen molar-refractivity contribution in [1.82, 2.24) is 19.7 Å². The van der Waals surface area contributed by atoms with Crippen molar-refractivity contribution in [2.75, 3.05) is 49.6 Å². The molecular formula is C23H28F2N6O. The Hall–Kier alpha value is -3.04. The number of nitrogens with one attached hydrogen (secondary N) is 1. The molecule has 9 heteroatoms. The summed E-state index contributed by atoms with van der Waals surface area (Å²) in [5.41, 5.74) is 3.29. The fourth-order valence-electron chi connectivity index (χ4n) is 4.33. The molecule has 0 amide bonds. The Labute approximate surface area is 187 Å². The number of nitrogens with zero attached hydrogens (tertiary/aromatic N) is 5. The lowest BCUT2D eigenvalue weighted by Crippen LogP contribution is -2.64. The highest BCUT2D eigenvalue weighted by molar-refractivity contribution is 5.64. The van der Waals surface area contributed by atoms with Gasteiger partial charge in [-0.15, -0.1) is 5.10 Å². The third-order valence-corrected chi connectivity index (χ3v) is 6.20. The van der Waals surface area contributed by atoms with E-state index >= 15 is 0 Å². The zero-order valence-electron chi connectivity index (χ0n) is 18.2. The highest BCUT2D eigenvalue weighted by Crippen LogP contribution is 2.29. The summed E-state index contributed by atoms with van der Waals surface area (Å²) in [5, 5.41) is 7.44. The van der Waals surface area contributed by atoms with E-state index in [4.69, 9.17) is 4.74 Å². The number of hydrogen-bond acceptors (Lipinski definition) is 6. The van der Waals surface area contributed by atoms with Crippen LogP contribution in [0.2, 0.25) is 0 Å². The summed E-state index contributed by atoms with van der Waals surface area (Å²) in [4.78, 5) is 9.10. The van der Waals surface area contributed by atoms with Gasteiger partial charge in [0.15, 0.2) is 0 Å². The van der Waals surface area contributed by atoms with Crippen LogP contribution in [0.25, 0.3) is 5.69 Å². The van der Waals surface area contributed by atoms with Crippen molar-refractivity contribution in [3.05, 3.63) is 59.9 Å². The average Bonchev–Trinajstić information content (AvgIpc) is 3.21. The molecule has 0 unspecified atom stereocenters. The van der Waals surface area contributed by atoms with E-state index in [1.54, 1.807) is 0 Å². The maximum absolute atomic E-state index is 14.0.